The number of aliphatic carboxylic acids is 1. The highest BCUT2D eigenvalue weighted by molar-refractivity contribution is 5.86. The number of hydrogen-bond donors (Lipinski definition) is 1. The first-order valence-electron chi connectivity index (χ1n) is 6.27. The third-order valence-electron chi connectivity index (χ3n) is 3.44. The molecular formula is C14H17NO5. The summed E-state index contributed by atoms with van der Waals surface area (Å²) in [4.78, 5) is 24.4. The number of ether oxygens (including phenoxy) is 2. The summed E-state index contributed by atoms with van der Waals surface area (Å²) in [5.74, 6) is -0.492. The number of benzene rings is 1. The summed E-state index contributed by atoms with van der Waals surface area (Å²) in [5, 5.41) is 8.99. The number of carbonyl (C=O) groups is 2. The Hall–Kier alpha value is -2.24. The normalized spacial score (nSPS) is 18.2. The van der Waals surface area contributed by atoms with Gasteiger partial charge in [0, 0.05) is 13.0 Å². The molecule has 1 aliphatic rings. The number of carboxylic acid groups (broad SMARTS) is 1. The van der Waals surface area contributed by atoms with Crippen LogP contribution in [0.5, 0.6) is 11.5 Å². The molecular weight excluding hydrogens is 262 g/mol. The van der Waals surface area contributed by atoms with Crippen molar-refractivity contribution < 1.29 is 24.2 Å². The molecule has 1 amide bonds. The zero-order valence-corrected chi connectivity index (χ0v) is 11.5. The zero-order valence-electron chi connectivity index (χ0n) is 11.5. The zero-order chi connectivity index (χ0) is 14.7. The van der Waals surface area contributed by atoms with Crippen LogP contribution in [0.4, 0.5) is 0 Å². The van der Waals surface area contributed by atoms with E-state index >= 15 is 0 Å². The maximum atomic E-state index is 11.9. The fourth-order valence-corrected chi connectivity index (χ4v) is 2.37. The van der Waals surface area contributed by atoms with Gasteiger partial charge in [0.2, 0.25) is 5.91 Å². The highest BCUT2D eigenvalue weighted by Crippen LogP contribution is 2.31. The topological polar surface area (TPSA) is 76.1 Å². The minimum atomic E-state index is -0.937. The van der Waals surface area contributed by atoms with Crippen molar-refractivity contribution in [2.24, 2.45) is 5.92 Å². The van der Waals surface area contributed by atoms with Gasteiger partial charge < -0.3 is 19.5 Å². The van der Waals surface area contributed by atoms with E-state index in [1.54, 1.807) is 32.4 Å². The van der Waals surface area contributed by atoms with Crippen LogP contribution in [-0.4, -0.2) is 42.6 Å². The first kappa shape index (κ1) is 14.2. The molecule has 6 nitrogen and oxygen atoms in total. The van der Waals surface area contributed by atoms with E-state index < -0.39 is 11.9 Å². The maximum Gasteiger partial charge on any atom is 0.308 e. The van der Waals surface area contributed by atoms with Crippen LogP contribution in [-0.2, 0) is 16.1 Å². The predicted molar refractivity (Wildman–Crippen MR) is 70.7 cm³/mol. The van der Waals surface area contributed by atoms with E-state index in [1.807, 2.05) is 0 Å². The SMILES string of the molecule is COc1cccc(OC)c1CN1C[C@@H](C(=O)O)CC1=O. The fourth-order valence-electron chi connectivity index (χ4n) is 2.37. The Balaban J connectivity index is 2.22. The fraction of sp³-hybridized carbons (Fsp3) is 0.429. The largest absolute Gasteiger partial charge is 0.496 e. The van der Waals surface area contributed by atoms with E-state index in [-0.39, 0.29) is 25.4 Å². The monoisotopic (exact) mass is 279 g/mol. The van der Waals surface area contributed by atoms with Crippen molar-refractivity contribution in [3.8, 4) is 11.5 Å². The predicted octanol–water partition coefficient (Wildman–Crippen LogP) is 1.14. The third-order valence-corrected chi connectivity index (χ3v) is 3.44. The summed E-state index contributed by atoms with van der Waals surface area (Å²) in [7, 11) is 3.09. The molecule has 1 aliphatic heterocycles. The number of hydrogen-bond acceptors (Lipinski definition) is 4. The van der Waals surface area contributed by atoms with Crippen molar-refractivity contribution in [2.45, 2.75) is 13.0 Å². The van der Waals surface area contributed by atoms with Gasteiger partial charge in [-0.1, -0.05) is 6.07 Å². The summed E-state index contributed by atoms with van der Waals surface area (Å²) in [5.41, 5.74) is 0.747. The van der Waals surface area contributed by atoms with Gasteiger partial charge in [0.05, 0.1) is 32.2 Å². The van der Waals surface area contributed by atoms with Crippen LogP contribution < -0.4 is 9.47 Å². The van der Waals surface area contributed by atoms with Gasteiger partial charge in [-0.05, 0) is 12.1 Å². The quantitative estimate of drug-likeness (QED) is 0.874. The second-order valence-corrected chi connectivity index (χ2v) is 4.65. The van der Waals surface area contributed by atoms with E-state index in [2.05, 4.69) is 0 Å². The third kappa shape index (κ3) is 2.68. The molecule has 0 radical (unpaired) electrons. The molecule has 1 heterocycles. The van der Waals surface area contributed by atoms with Gasteiger partial charge in [-0.15, -0.1) is 0 Å². The number of carboxylic acids is 1. The van der Waals surface area contributed by atoms with Crippen LogP contribution in [0.1, 0.15) is 12.0 Å². The summed E-state index contributed by atoms with van der Waals surface area (Å²) in [6, 6.07) is 5.37. The van der Waals surface area contributed by atoms with E-state index in [4.69, 9.17) is 14.6 Å². The number of likely N-dealkylation sites (tertiary alicyclic amines) is 1. The van der Waals surface area contributed by atoms with Crippen molar-refractivity contribution >= 4 is 11.9 Å². The molecule has 1 atom stereocenters. The standard InChI is InChI=1S/C14H17NO5/c1-19-11-4-3-5-12(20-2)10(11)8-15-7-9(14(17)18)6-13(15)16/h3-5,9H,6-8H2,1-2H3,(H,17,18)/t9-/m0/s1. The van der Waals surface area contributed by atoms with Gasteiger partial charge in [0.25, 0.3) is 0 Å². The van der Waals surface area contributed by atoms with Crippen molar-refractivity contribution in [3.05, 3.63) is 23.8 Å². The van der Waals surface area contributed by atoms with Gasteiger partial charge in [-0.3, -0.25) is 9.59 Å². The summed E-state index contributed by atoms with van der Waals surface area (Å²) in [6.07, 6.45) is 0.0484. The lowest BCUT2D eigenvalue weighted by atomic mass is 10.1. The van der Waals surface area contributed by atoms with E-state index in [0.717, 1.165) is 5.56 Å². The Morgan fingerprint density at radius 3 is 2.40 bits per heavy atom. The number of carbonyl (C=O) groups excluding carboxylic acids is 1. The van der Waals surface area contributed by atoms with Gasteiger partial charge in [-0.25, -0.2) is 0 Å². The van der Waals surface area contributed by atoms with Gasteiger partial charge >= 0.3 is 5.97 Å². The molecule has 0 bridgehead atoms. The Morgan fingerprint density at radius 2 is 1.95 bits per heavy atom. The molecule has 1 aromatic rings. The van der Waals surface area contributed by atoms with Gasteiger partial charge in [-0.2, -0.15) is 0 Å². The van der Waals surface area contributed by atoms with Crippen molar-refractivity contribution in [1.82, 2.24) is 4.90 Å². The lowest BCUT2D eigenvalue weighted by Gasteiger charge is -2.20. The van der Waals surface area contributed by atoms with Crippen LogP contribution in [0.25, 0.3) is 0 Å². The molecule has 108 valence electrons. The molecule has 0 saturated carbocycles. The van der Waals surface area contributed by atoms with Gasteiger partial charge in [0.1, 0.15) is 11.5 Å². The second kappa shape index (κ2) is 5.81. The molecule has 2 rings (SSSR count). The van der Waals surface area contributed by atoms with Crippen LogP contribution >= 0.6 is 0 Å². The van der Waals surface area contributed by atoms with Crippen molar-refractivity contribution in [2.75, 3.05) is 20.8 Å². The molecule has 1 N–H and O–H groups in total. The number of nitrogens with zero attached hydrogens (tertiary/aromatic N) is 1. The summed E-state index contributed by atoms with van der Waals surface area (Å²) in [6.45, 7) is 0.505. The first-order valence-corrected chi connectivity index (χ1v) is 6.27. The maximum absolute atomic E-state index is 11.9. The average molecular weight is 279 g/mol. The minimum absolute atomic E-state index is 0.0484. The smallest absolute Gasteiger partial charge is 0.308 e. The Bertz CT molecular complexity index is 506. The minimum Gasteiger partial charge on any atom is -0.496 e. The molecule has 1 aromatic carbocycles. The average Bonchev–Trinajstić information content (AvgIpc) is 2.80. The molecule has 6 heteroatoms. The summed E-state index contributed by atoms with van der Waals surface area (Å²) >= 11 is 0. The second-order valence-electron chi connectivity index (χ2n) is 4.65. The number of methoxy groups -OCH3 is 2. The van der Waals surface area contributed by atoms with Crippen LogP contribution in [0.2, 0.25) is 0 Å². The Morgan fingerprint density at radius 1 is 1.35 bits per heavy atom. The number of rotatable bonds is 5. The molecule has 0 spiro atoms. The van der Waals surface area contributed by atoms with Crippen LogP contribution in [0.15, 0.2) is 18.2 Å². The lowest BCUT2D eigenvalue weighted by molar-refractivity contribution is -0.141. The molecule has 0 aromatic heterocycles. The van der Waals surface area contributed by atoms with Crippen LogP contribution in [0, 0.1) is 5.92 Å². The van der Waals surface area contributed by atoms with Crippen LogP contribution in [0.3, 0.4) is 0 Å². The molecule has 1 saturated heterocycles. The molecule has 1 fully saturated rings. The summed E-state index contributed by atoms with van der Waals surface area (Å²) < 4.78 is 10.5. The van der Waals surface area contributed by atoms with Crippen molar-refractivity contribution in [3.63, 3.8) is 0 Å². The lowest BCUT2D eigenvalue weighted by Crippen LogP contribution is -2.26. The van der Waals surface area contributed by atoms with E-state index in [0.29, 0.717) is 11.5 Å². The van der Waals surface area contributed by atoms with Crippen molar-refractivity contribution in [1.29, 1.82) is 0 Å². The first-order chi connectivity index (χ1) is 9.56. The van der Waals surface area contributed by atoms with E-state index in [1.165, 1.54) is 4.90 Å². The Labute approximate surface area is 116 Å². The highest BCUT2D eigenvalue weighted by Gasteiger charge is 2.34. The van der Waals surface area contributed by atoms with Gasteiger partial charge in [0.15, 0.2) is 0 Å². The molecule has 20 heavy (non-hydrogen) atoms. The Kier molecular flexibility index (Phi) is 4.12. The van der Waals surface area contributed by atoms with E-state index in [9.17, 15) is 9.59 Å². The molecule has 0 unspecified atom stereocenters. The molecule has 0 aliphatic carbocycles. The number of amides is 1. The highest BCUT2D eigenvalue weighted by atomic mass is 16.5.